The fraction of sp³-hybridized carbons (Fsp3) is 0.348. The third-order valence-corrected chi connectivity index (χ3v) is 5.03. The molecule has 0 bridgehead atoms. The lowest BCUT2D eigenvalue weighted by atomic mass is 10.00. The molecule has 0 saturated carbocycles. The summed E-state index contributed by atoms with van der Waals surface area (Å²) in [6.07, 6.45) is 1.97. The average Bonchev–Trinajstić information content (AvgIpc) is 3.10. The number of anilines is 1. The Labute approximate surface area is 172 Å². The van der Waals surface area contributed by atoms with E-state index in [0.29, 0.717) is 35.3 Å². The highest BCUT2D eigenvalue weighted by molar-refractivity contribution is 6.00. The Balaban J connectivity index is 1.73. The second kappa shape index (κ2) is 9.11. The van der Waals surface area contributed by atoms with Gasteiger partial charge in [0, 0.05) is 36.0 Å². The number of ether oxygens (including phenoxy) is 1. The van der Waals surface area contributed by atoms with Crippen molar-refractivity contribution in [3.8, 4) is 5.75 Å². The molecule has 154 valence electrons. The monoisotopic (exact) mass is 394 g/mol. The van der Waals surface area contributed by atoms with Crippen molar-refractivity contribution in [2.75, 3.05) is 18.8 Å². The molecule has 1 aliphatic rings. The fourth-order valence-electron chi connectivity index (χ4n) is 3.73. The Bertz CT molecular complexity index is 908. The van der Waals surface area contributed by atoms with E-state index in [1.54, 1.807) is 18.2 Å². The summed E-state index contributed by atoms with van der Waals surface area (Å²) in [4.78, 5) is 12.7. The number of nitrogens with two attached hydrogens (primary N) is 2. The molecule has 2 aromatic carbocycles. The Morgan fingerprint density at radius 1 is 1.31 bits per heavy atom. The molecule has 0 spiro atoms. The molecule has 29 heavy (non-hydrogen) atoms. The van der Waals surface area contributed by atoms with E-state index in [1.165, 1.54) is 11.1 Å². The quantitative estimate of drug-likeness (QED) is 0.516. The van der Waals surface area contributed by atoms with Crippen LogP contribution in [-0.4, -0.2) is 25.1 Å². The van der Waals surface area contributed by atoms with Gasteiger partial charge in [-0.2, -0.15) is 0 Å². The van der Waals surface area contributed by atoms with E-state index < -0.39 is 0 Å². The van der Waals surface area contributed by atoms with Crippen LogP contribution in [0.15, 0.2) is 43.0 Å². The number of carbonyl (C=O) groups excluding carboxylic acids is 1. The minimum atomic E-state index is -0.244. The summed E-state index contributed by atoms with van der Waals surface area (Å²) in [6, 6.07) is 11.5. The van der Waals surface area contributed by atoms with Gasteiger partial charge in [0.2, 0.25) is 0 Å². The van der Waals surface area contributed by atoms with Crippen molar-refractivity contribution in [2.45, 2.75) is 38.8 Å². The van der Waals surface area contributed by atoms with Crippen LogP contribution in [-0.2, 0) is 6.42 Å². The number of benzene rings is 2. The first kappa shape index (κ1) is 20.9. The first-order chi connectivity index (χ1) is 13.9. The van der Waals surface area contributed by atoms with Crippen LogP contribution >= 0.6 is 0 Å². The molecule has 6 nitrogen and oxygen atoms in total. The van der Waals surface area contributed by atoms with Gasteiger partial charge in [-0.3, -0.25) is 4.79 Å². The number of nitrogen functional groups attached to an aromatic ring is 1. The number of carbonyl (C=O) groups is 1. The lowest BCUT2D eigenvalue weighted by Gasteiger charge is -2.16. The molecule has 1 amide bonds. The molecule has 1 atom stereocenters. The van der Waals surface area contributed by atoms with Gasteiger partial charge in [0.05, 0.1) is 11.8 Å². The van der Waals surface area contributed by atoms with Crippen molar-refractivity contribution in [3.05, 3.63) is 65.2 Å². The van der Waals surface area contributed by atoms with Gasteiger partial charge in [-0.15, -0.1) is 0 Å². The highest BCUT2D eigenvalue weighted by Crippen LogP contribution is 2.35. The maximum atomic E-state index is 12.7. The molecule has 0 radical (unpaired) electrons. The molecule has 0 fully saturated rings. The number of nitrogens with one attached hydrogen (secondary N) is 2. The average molecular weight is 395 g/mol. The van der Waals surface area contributed by atoms with Crippen LogP contribution in [0.2, 0.25) is 0 Å². The van der Waals surface area contributed by atoms with Crippen LogP contribution in [0.4, 0.5) is 5.69 Å². The Hall–Kier alpha value is -2.83. The van der Waals surface area contributed by atoms with Crippen LogP contribution in [0, 0.1) is 0 Å². The Kier molecular flexibility index (Phi) is 6.56. The van der Waals surface area contributed by atoms with E-state index >= 15 is 0 Å². The predicted molar refractivity (Wildman–Crippen MR) is 118 cm³/mol. The molecule has 6 heteroatoms. The lowest BCUT2D eigenvalue weighted by Crippen LogP contribution is -2.26. The molecule has 1 unspecified atom stereocenters. The van der Waals surface area contributed by atoms with Gasteiger partial charge in [-0.25, -0.2) is 0 Å². The molecular formula is C23H30N4O2. The van der Waals surface area contributed by atoms with E-state index in [-0.39, 0.29) is 12.0 Å². The minimum absolute atomic E-state index is 0.0140. The molecule has 3 rings (SSSR count). The van der Waals surface area contributed by atoms with E-state index in [9.17, 15) is 4.79 Å². The molecule has 6 N–H and O–H groups in total. The van der Waals surface area contributed by atoms with Gasteiger partial charge >= 0.3 is 0 Å². The Morgan fingerprint density at radius 2 is 2.10 bits per heavy atom. The molecule has 0 aromatic heterocycles. The van der Waals surface area contributed by atoms with Crippen LogP contribution in [0.5, 0.6) is 5.75 Å². The van der Waals surface area contributed by atoms with Crippen molar-refractivity contribution in [3.63, 3.8) is 0 Å². The zero-order valence-corrected chi connectivity index (χ0v) is 17.1. The summed E-state index contributed by atoms with van der Waals surface area (Å²) >= 11 is 0. The van der Waals surface area contributed by atoms with Crippen molar-refractivity contribution in [1.29, 1.82) is 0 Å². The highest BCUT2D eigenvalue weighted by Gasteiger charge is 2.25. The predicted octanol–water partition coefficient (Wildman–Crippen LogP) is 2.99. The maximum absolute atomic E-state index is 12.7. The highest BCUT2D eigenvalue weighted by atomic mass is 16.5. The van der Waals surface area contributed by atoms with Crippen LogP contribution in [0.25, 0.3) is 5.70 Å². The fourth-order valence-corrected chi connectivity index (χ4v) is 3.73. The zero-order valence-electron chi connectivity index (χ0n) is 17.1. The van der Waals surface area contributed by atoms with Crippen LogP contribution in [0.1, 0.15) is 53.4 Å². The minimum Gasteiger partial charge on any atom is -0.489 e. The van der Waals surface area contributed by atoms with Crippen molar-refractivity contribution < 1.29 is 9.53 Å². The number of hydrogen-bond acceptors (Lipinski definition) is 5. The number of rotatable bonds is 8. The molecule has 0 aliphatic heterocycles. The SMILES string of the molecule is C=C(NC(=O)c1ccc(OC(C)C)c(N)c1)c1cccc2c1CCC2NCCN. The third-order valence-electron chi connectivity index (χ3n) is 5.03. The molecule has 2 aromatic rings. The first-order valence-electron chi connectivity index (χ1n) is 10.0. The van der Waals surface area contributed by atoms with Crippen molar-refractivity contribution >= 4 is 17.3 Å². The summed E-state index contributed by atoms with van der Waals surface area (Å²) < 4.78 is 5.63. The van der Waals surface area contributed by atoms with Crippen molar-refractivity contribution in [2.24, 2.45) is 5.73 Å². The normalized spacial score (nSPS) is 15.2. The standard InChI is InChI=1S/C23H30N4O2/c1-14(2)29-22-10-7-16(13-20(22)25)23(28)27-15(3)17-5-4-6-19-18(17)8-9-21(19)26-12-11-24/h4-7,10,13-14,21,26H,3,8-9,11-12,24-25H2,1-2H3,(H,27,28). The molecular weight excluding hydrogens is 364 g/mol. The zero-order chi connectivity index (χ0) is 21.0. The maximum Gasteiger partial charge on any atom is 0.255 e. The molecule has 0 saturated heterocycles. The van der Waals surface area contributed by atoms with E-state index in [2.05, 4.69) is 23.3 Å². The summed E-state index contributed by atoms with van der Waals surface area (Å²) in [5, 5.41) is 6.39. The third kappa shape index (κ3) is 4.78. The second-order valence-electron chi connectivity index (χ2n) is 7.56. The van der Waals surface area contributed by atoms with Gasteiger partial charge in [0.1, 0.15) is 5.75 Å². The summed E-state index contributed by atoms with van der Waals surface area (Å²) in [5.41, 5.74) is 16.6. The van der Waals surface area contributed by atoms with Gasteiger partial charge in [-0.05, 0) is 56.0 Å². The molecule has 0 heterocycles. The summed E-state index contributed by atoms with van der Waals surface area (Å²) in [5.74, 6) is 0.332. The smallest absolute Gasteiger partial charge is 0.255 e. The van der Waals surface area contributed by atoms with Gasteiger partial charge in [-0.1, -0.05) is 24.8 Å². The summed E-state index contributed by atoms with van der Waals surface area (Å²) in [6.45, 7) is 9.36. The number of amides is 1. The van der Waals surface area contributed by atoms with Crippen LogP contribution in [0.3, 0.4) is 0 Å². The van der Waals surface area contributed by atoms with Gasteiger partial charge in [0.15, 0.2) is 0 Å². The topological polar surface area (TPSA) is 102 Å². The lowest BCUT2D eigenvalue weighted by molar-refractivity contribution is 0.0974. The second-order valence-corrected chi connectivity index (χ2v) is 7.56. The van der Waals surface area contributed by atoms with E-state index in [0.717, 1.165) is 24.9 Å². The first-order valence-corrected chi connectivity index (χ1v) is 10.0. The summed E-state index contributed by atoms with van der Waals surface area (Å²) in [7, 11) is 0. The van der Waals surface area contributed by atoms with Gasteiger partial charge < -0.3 is 26.8 Å². The van der Waals surface area contributed by atoms with E-state index in [1.807, 2.05) is 26.0 Å². The van der Waals surface area contributed by atoms with E-state index in [4.69, 9.17) is 16.2 Å². The number of fused-ring (bicyclic) bond motifs is 1. The largest absolute Gasteiger partial charge is 0.489 e. The van der Waals surface area contributed by atoms with Gasteiger partial charge in [0.25, 0.3) is 5.91 Å². The van der Waals surface area contributed by atoms with Crippen LogP contribution < -0.4 is 26.8 Å². The van der Waals surface area contributed by atoms with Crippen molar-refractivity contribution in [1.82, 2.24) is 10.6 Å². The Morgan fingerprint density at radius 3 is 2.79 bits per heavy atom. The molecule has 1 aliphatic carbocycles. The number of hydrogen-bond donors (Lipinski definition) is 4.